The lowest BCUT2D eigenvalue weighted by Crippen LogP contribution is -2.17. The van der Waals surface area contributed by atoms with Crippen molar-refractivity contribution >= 4 is 46.9 Å². The third kappa shape index (κ3) is 6.39. The number of aryl methyl sites for hydroxylation is 1. The number of hydrogen-bond donors (Lipinski definition) is 1. The summed E-state index contributed by atoms with van der Waals surface area (Å²) in [5, 5.41) is 5.55. The predicted molar refractivity (Wildman–Crippen MR) is 130 cm³/mol. The molecule has 3 aromatic carbocycles. The van der Waals surface area contributed by atoms with Crippen LogP contribution in [0.4, 0.5) is 0 Å². The van der Waals surface area contributed by atoms with E-state index in [-0.39, 0.29) is 5.91 Å². The molecule has 3 aromatic rings. The van der Waals surface area contributed by atoms with Crippen LogP contribution < -0.4 is 14.9 Å². The van der Waals surface area contributed by atoms with Crippen molar-refractivity contribution in [1.29, 1.82) is 0 Å². The maximum absolute atomic E-state index is 12.3. The number of carbonyl (C=O) groups excluding carboxylic acids is 1. The van der Waals surface area contributed by atoms with Crippen LogP contribution in [0.2, 0.25) is 15.1 Å². The van der Waals surface area contributed by atoms with Gasteiger partial charge < -0.3 is 9.47 Å². The number of nitrogens with zero attached hydrogens (tertiary/aromatic N) is 1. The smallest absolute Gasteiger partial charge is 0.271 e. The first-order valence-corrected chi connectivity index (χ1v) is 10.9. The number of carbonyl (C=O) groups is 1. The average Bonchev–Trinajstić information content (AvgIpc) is 2.76. The van der Waals surface area contributed by atoms with E-state index in [1.165, 1.54) is 6.21 Å². The monoisotopic (exact) mass is 490 g/mol. The fraction of sp³-hybridized carbons (Fsp3) is 0.167. The highest BCUT2D eigenvalue weighted by Crippen LogP contribution is 2.37. The first-order valence-electron chi connectivity index (χ1n) is 9.80. The SMILES string of the molecule is CCOc1cc(/C=N\NC(=O)c2ccc(C)c(Cl)c2)cc(Cl)c1OCc1ccc(Cl)cc1. The van der Waals surface area contributed by atoms with Crippen molar-refractivity contribution in [3.8, 4) is 11.5 Å². The van der Waals surface area contributed by atoms with Crippen LogP contribution in [-0.2, 0) is 6.61 Å². The van der Waals surface area contributed by atoms with Crippen LogP contribution in [-0.4, -0.2) is 18.7 Å². The van der Waals surface area contributed by atoms with Gasteiger partial charge in [0, 0.05) is 15.6 Å². The van der Waals surface area contributed by atoms with Crippen molar-refractivity contribution in [3.05, 3.63) is 91.9 Å². The predicted octanol–water partition coefficient (Wildman–Crippen LogP) is 6.70. The van der Waals surface area contributed by atoms with Crippen LogP contribution in [0, 0.1) is 6.92 Å². The van der Waals surface area contributed by atoms with Crippen LogP contribution in [0.15, 0.2) is 59.7 Å². The van der Waals surface area contributed by atoms with Crippen LogP contribution in [0.3, 0.4) is 0 Å². The van der Waals surface area contributed by atoms with Gasteiger partial charge in [0.25, 0.3) is 5.91 Å². The highest BCUT2D eigenvalue weighted by molar-refractivity contribution is 6.32. The summed E-state index contributed by atoms with van der Waals surface area (Å²) in [6.07, 6.45) is 1.48. The third-order valence-corrected chi connectivity index (χ3v) is 5.38. The summed E-state index contributed by atoms with van der Waals surface area (Å²) in [5.74, 6) is 0.535. The van der Waals surface area contributed by atoms with Crippen molar-refractivity contribution in [2.45, 2.75) is 20.5 Å². The quantitative estimate of drug-likeness (QED) is 0.282. The van der Waals surface area contributed by atoms with E-state index >= 15 is 0 Å². The van der Waals surface area contributed by atoms with Gasteiger partial charge in [0.2, 0.25) is 0 Å². The Bertz CT molecular complexity index is 1130. The summed E-state index contributed by atoms with van der Waals surface area (Å²) in [5.41, 5.74) is 5.36. The van der Waals surface area contributed by atoms with Crippen molar-refractivity contribution in [2.24, 2.45) is 5.10 Å². The Balaban J connectivity index is 1.71. The lowest BCUT2D eigenvalue weighted by Gasteiger charge is -2.14. The normalized spacial score (nSPS) is 10.9. The fourth-order valence-electron chi connectivity index (χ4n) is 2.77. The van der Waals surface area contributed by atoms with E-state index in [1.54, 1.807) is 42.5 Å². The molecule has 3 rings (SSSR count). The maximum Gasteiger partial charge on any atom is 0.271 e. The van der Waals surface area contributed by atoms with Gasteiger partial charge in [-0.05, 0) is 66.9 Å². The molecule has 0 fully saturated rings. The Labute approximate surface area is 201 Å². The summed E-state index contributed by atoms with van der Waals surface area (Å²) < 4.78 is 11.6. The van der Waals surface area contributed by atoms with Gasteiger partial charge in [-0.1, -0.05) is 53.0 Å². The summed E-state index contributed by atoms with van der Waals surface area (Å²) in [7, 11) is 0. The van der Waals surface area contributed by atoms with Crippen molar-refractivity contribution in [1.82, 2.24) is 5.43 Å². The largest absolute Gasteiger partial charge is 0.490 e. The first-order chi connectivity index (χ1) is 15.4. The molecule has 0 unspecified atom stereocenters. The summed E-state index contributed by atoms with van der Waals surface area (Å²) >= 11 is 18.4. The molecule has 1 N–H and O–H groups in total. The third-order valence-electron chi connectivity index (χ3n) is 4.44. The Morgan fingerprint density at radius 1 is 1.00 bits per heavy atom. The van der Waals surface area contributed by atoms with Gasteiger partial charge in [-0.25, -0.2) is 5.43 Å². The minimum absolute atomic E-state index is 0.305. The molecule has 0 aliphatic rings. The summed E-state index contributed by atoms with van der Waals surface area (Å²) in [6, 6.07) is 15.8. The highest BCUT2D eigenvalue weighted by atomic mass is 35.5. The molecule has 0 aliphatic carbocycles. The number of hydrogen-bond acceptors (Lipinski definition) is 4. The van der Waals surface area contributed by atoms with Crippen LogP contribution in [0.1, 0.15) is 34.0 Å². The number of nitrogens with one attached hydrogen (secondary N) is 1. The minimum Gasteiger partial charge on any atom is -0.490 e. The van der Waals surface area contributed by atoms with E-state index in [0.29, 0.717) is 50.9 Å². The molecule has 0 aromatic heterocycles. The van der Waals surface area contributed by atoms with Gasteiger partial charge in [0.15, 0.2) is 11.5 Å². The number of hydrazone groups is 1. The standard InChI is InChI=1S/C24H21Cl3N2O3/c1-3-31-22-11-17(13-28-29-24(30)18-7-4-15(2)20(26)12-18)10-21(27)23(22)32-14-16-5-8-19(25)9-6-16/h4-13H,3,14H2,1-2H3,(H,29,30)/b28-13-. The molecular weight excluding hydrogens is 471 g/mol. The van der Waals surface area contributed by atoms with Crippen molar-refractivity contribution in [3.63, 3.8) is 0 Å². The molecule has 1 amide bonds. The molecule has 0 radical (unpaired) electrons. The van der Waals surface area contributed by atoms with Crippen LogP contribution in [0.5, 0.6) is 11.5 Å². The van der Waals surface area contributed by atoms with E-state index in [2.05, 4.69) is 10.5 Å². The van der Waals surface area contributed by atoms with E-state index in [1.807, 2.05) is 26.0 Å². The maximum atomic E-state index is 12.3. The van der Waals surface area contributed by atoms with Gasteiger partial charge in [0.1, 0.15) is 6.61 Å². The summed E-state index contributed by atoms with van der Waals surface area (Å²) in [4.78, 5) is 12.3. The van der Waals surface area contributed by atoms with Crippen LogP contribution in [0.25, 0.3) is 0 Å². The zero-order chi connectivity index (χ0) is 23.1. The zero-order valence-electron chi connectivity index (χ0n) is 17.5. The Kier molecular flexibility index (Phi) is 8.39. The molecule has 5 nitrogen and oxygen atoms in total. The van der Waals surface area contributed by atoms with Crippen molar-refractivity contribution < 1.29 is 14.3 Å². The second-order valence-electron chi connectivity index (χ2n) is 6.84. The second-order valence-corrected chi connectivity index (χ2v) is 8.09. The van der Waals surface area contributed by atoms with Gasteiger partial charge in [-0.3, -0.25) is 4.79 Å². The molecule has 0 saturated heterocycles. The van der Waals surface area contributed by atoms with Crippen LogP contribution >= 0.6 is 34.8 Å². The average molecular weight is 492 g/mol. The number of halogens is 3. The van der Waals surface area contributed by atoms with Gasteiger partial charge in [0.05, 0.1) is 17.8 Å². The Hall–Kier alpha value is -2.73. The molecule has 166 valence electrons. The van der Waals surface area contributed by atoms with Gasteiger partial charge in [-0.15, -0.1) is 0 Å². The molecule has 8 heteroatoms. The number of benzene rings is 3. The van der Waals surface area contributed by atoms with E-state index in [4.69, 9.17) is 44.3 Å². The van der Waals surface area contributed by atoms with E-state index in [0.717, 1.165) is 11.1 Å². The van der Waals surface area contributed by atoms with E-state index in [9.17, 15) is 4.79 Å². The Morgan fingerprint density at radius 2 is 1.75 bits per heavy atom. The minimum atomic E-state index is -0.373. The molecular formula is C24H21Cl3N2O3. The van der Waals surface area contributed by atoms with Gasteiger partial charge >= 0.3 is 0 Å². The molecule has 0 heterocycles. The van der Waals surface area contributed by atoms with Gasteiger partial charge in [-0.2, -0.15) is 5.10 Å². The molecule has 0 spiro atoms. The molecule has 0 aliphatic heterocycles. The molecule has 32 heavy (non-hydrogen) atoms. The lowest BCUT2D eigenvalue weighted by molar-refractivity contribution is 0.0955. The lowest BCUT2D eigenvalue weighted by atomic mass is 10.1. The molecule has 0 bridgehead atoms. The summed E-state index contributed by atoms with van der Waals surface area (Å²) in [6.45, 7) is 4.47. The van der Waals surface area contributed by atoms with Crippen molar-refractivity contribution in [2.75, 3.05) is 6.61 Å². The zero-order valence-corrected chi connectivity index (χ0v) is 19.8. The highest BCUT2D eigenvalue weighted by Gasteiger charge is 2.13. The number of amides is 1. The topological polar surface area (TPSA) is 59.9 Å². The second kappa shape index (κ2) is 11.2. The molecule has 0 atom stereocenters. The molecule has 0 saturated carbocycles. The number of rotatable bonds is 8. The van der Waals surface area contributed by atoms with E-state index < -0.39 is 0 Å². The Morgan fingerprint density at radius 3 is 2.44 bits per heavy atom. The number of ether oxygens (including phenoxy) is 2. The first kappa shape index (κ1) is 23.9. The fourth-order valence-corrected chi connectivity index (χ4v) is 3.35.